The zero-order valence-electron chi connectivity index (χ0n) is 19.3. The second kappa shape index (κ2) is 10.3. The highest BCUT2D eigenvalue weighted by Gasteiger charge is 2.37. The van der Waals surface area contributed by atoms with E-state index in [-0.39, 0.29) is 11.4 Å². The number of carbonyl (C=O) groups is 1. The second-order valence-electron chi connectivity index (χ2n) is 8.03. The van der Waals surface area contributed by atoms with Gasteiger partial charge in [-0.05, 0) is 54.1 Å². The molecule has 0 radical (unpaired) electrons. The summed E-state index contributed by atoms with van der Waals surface area (Å²) in [4.78, 5) is 18.9. The number of thioether (sulfide) groups is 1. The fourth-order valence-corrected chi connectivity index (χ4v) is 4.67. The van der Waals surface area contributed by atoms with Crippen LogP contribution in [0.1, 0.15) is 11.1 Å². The molecule has 3 aliphatic heterocycles. The van der Waals surface area contributed by atoms with E-state index >= 15 is 0 Å². The van der Waals surface area contributed by atoms with E-state index < -0.39 is 5.91 Å². The smallest absolute Gasteiger partial charge is 0.283 e. The molecule has 9 nitrogen and oxygen atoms in total. The van der Waals surface area contributed by atoms with Crippen LogP contribution < -0.4 is 9.47 Å². The molecule has 0 unspecified atom stereocenters. The number of hydrazone groups is 1. The molecular weight excluding hydrogens is 466 g/mol. The van der Waals surface area contributed by atoms with Crippen molar-refractivity contribution in [1.82, 2.24) is 9.91 Å². The van der Waals surface area contributed by atoms with Crippen LogP contribution in [-0.4, -0.2) is 71.5 Å². The molecule has 180 valence electrons. The molecule has 2 aromatic carbocycles. The van der Waals surface area contributed by atoms with Gasteiger partial charge in [0.2, 0.25) is 5.17 Å². The zero-order valence-corrected chi connectivity index (χ0v) is 20.1. The van der Waals surface area contributed by atoms with Crippen LogP contribution in [0.25, 0.3) is 6.08 Å². The fraction of sp³-hybridized carbons (Fsp3) is 0.280. The topological polar surface area (TPSA) is 99.8 Å². The fourth-order valence-electron chi connectivity index (χ4n) is 3.72. The lowest BCUT2D eigenvalue weighted by atomic mass is 10.1. The number of carbonyl (C=O) groups excluding carboxylic acids is 1. The highest BCUT2D eigenvalue weighted by Crippen LogP contribution is 2.30. The van der Waals surface area contributed by atoms with E-state index in [2.05, 4.69) is 15.0 Å². The molecule has 1 fully saturated rings. The summed E-state index contributed by atoms with van der Waals surface area (Å²) in [6.07, 6.45) is 1.66. The molecular formula is C25H25N5O4S. The Labute approximate surface area is 207 Å². The molecule has 2 aromatic rings. The number of nitrogens with zero attached hydrogens (tertiary/aromatic N) is 4. The third kappa shape index (κ3) is 5.23. The molecule has 1 amide bonds. The first kappa shape index (κ1) is 23.1. The number of hydrogen-bond acceptors (Lipinski definition) is 8. The first-order valence-electron chi connectivity index (χ1n) is 11.3. The van der Waals surface area contributed by atoms with Gasteiger partial charge in [-0.15, -0.1) is 5.10 Å². The third-order valence-electron chi connectivity index (χ3n) is 5.62. The molecule has 3 aliphatic rings. The Hall–Kier alpha value is -3.63. The molecule has 0 bridgehead atoms. The van der Waals surface area contributed by atoms with E-state index in [1.165, 1.54) is 16.8 Å². The van der Waals surface area contributed by atoms with Crippen molar-refractivity contribution in [3.05, 3.63) is 65.2 Å². The van der Waals surface area contributed by atoms with Gasteiger partial charge in [0.1, 0.15) is 24.7 Å². The van der Waals surface area contributed by atoms with Crippen molar-refractivity contribution in [2.75, 3.05) is 39.5 Å². The standard InChI is InChI=1S/C25H25N5O4S/c1-17-4-2-3-5-21(17)34-15-14-33-19-8-6-18(7-9-19)16-20-22(26)30-24(27-23(20)31)35-25(28-30)29-10-12-32-13-11-29/h2-9,16,26H,10-15H2,1H3/b20-16-,26-22?. The van der Waals surface area contributed by atoms with Crippen LogP contribution in [0.3, 0.4) is 0 Å². The van der Waals surface area contributed by atoms with Gasteiger partial charge in [0, 0.05) is 13.1 Å². The first-order valence-corrected chi connectivity index (χ1v) is 12.1. The Morgan fingerprint density at radius 3 is 2.57 bits per heavy atom. The predicted octanol–water partition coefficient (Wildman–Crippen LogP) is 3.36. The number of hydrogen-bond donors (Lipinski definition) is 1. The van der Waals surface area contributed by atoms with Gasteiger partial charge in [-0.1, -0.05) is 30.3 Å². The Morgan fingerprint density at radius 2 is 1.80 bits per heavy atom. The summed E-state index contributed by atoms with van der Waals surface area (Å²) in [7, 11) is 0. The maximum Gasteiger partial charge on any atom is 0.283 e. The molecule has 1 N–H and O–H groups in total. The predicted molar refractivity (Wildman–Crippen MR) is 136 cm³/mol. The van der Waals surface area contributed by atoms with Crippen LogP contribution in [0.5, 0.6) is 11.5 Å². The average molecular weight is 492 g/mol. The number of fused-ring (bicyclic) bond motifs is 1. The average Bonchev–Trinajstić information content (AvgIpc) is 3.31. The van der Waals surface area contributed by atoms with Crippen LogP contribution in [0, 0.1) is 12.3 Å². The van der Waals surface area contributed by atoms with Gasteiger partial charge < -0.3 is 19.1 Å². The van der Waals surface area contributed by atoms with Gasteiger partial charge in [0.05, 0.1) is 18.8 Å². The second-order valence-corrected chi connectivity index (χ2v) is 8.97. The van der Waals surface area contributed by atoms with Crippen molar-refractivity contribution >= 4 is 39.9 Å². The third-order valence-corrected chi connectivity index (χ3v) is 6.59. The highest BCUT2D eigenvalue weighted by atomic mass is 32.2. The summed E-state index contributed by atoms with van der Waals surface area (Å²) >= 11 is 1.31. The van der Waals surface area contributed by atoms with Gasteiger partial charge in [0.25, 0.3) is 5.91 Å². The number of aryl methyl sites for hydroxylation is 1. The van der Waals surface area contributed by atoms with E-state index in [9.17, 15) is 4.79 Å². The number of ether oxygens (including phenoxy) is 3. The summed E-state index contributed by atoms with van der Waals surface area (Å²) in [5, 5.41) is 15.7. The lowest BCUT2D eigenvalue weighted by Crippen LogP contribution is -2.39. The normalized spacial score (nSPS) is 18.9. The van der Waals surface area contributed by atoms with Gasteiger partial charge in [-0.3, -0.25) is 10.2 Å². The molecule has 35 heavy (non-hydrogen) atoms. The van der Waals surface area contributed by atoms with Crippen molar-refractivity contribution in [3.63, 3.8) is 0 Å². The van der Waals surface area contributed by atoms with E-state index in [0.29, 0.717) is 37.3 Å². The minimum Gasteiger partial charge on any atom is -0.490 e. The molecule has 0 atom stereocenters. The molecule has 1 saturated heterocycles. The van der Waals surface area contributed by atoms with Gasteiger partial charge in [-0.2, -0.15) is 10.0 Å². The number of amides is 1. The summed E-state index contributed by atoms with van der Waals surface area (Å²) in [6.45, 7) is 5.56. The molecule has 0 saturated carbocycles. The lowest BCUT2D eigenvalue weighted by Gasteiger charge is -2.26. The van der Waals surface area contributed by atoms with Crippen molar-refractivity contribution in [2.45, 2.75) is 6.92 Å². The van der Waals surface area contributed by atoms with E-state index in [1.54, 1.807) is 6.08 Å². The first-order chi connectivity index (χ1) is 17.1. The zero-order chi connectivity index (χ0) is 24.2. The highest BCUT2D eigenvalue weighted by molar-refractivity contribution is 8.26. The molecule has 0 spiro atoms. The monoisotopic (exact) mass is 491 g/mol. The number of rotatable bonds is 6. The lowest BCUT2D eigenvalue weighted by molar-refractivity contribution is -0.114. The van der Waals surface area contributed by atoms with Crippen molar-refractivity contribution in [3.8, 4) is 11.5 Å². The molecule has 0 aliphatic carbocycles. The van der Waals surface area contributed by atoms with Crippen LogP contribution in [0.15, 0.2) is 64.2 Å². The van der Waals surface area contributed by atoms with Crippen molar-refractivity contribution < 1.29 is 19.0 Å². The quantitative estimate of drug-likeness (QED) is 0.489. The van der Waals surface area contributed by atoms with E-state index in [1.807, 2.05) is 55.5 Å². The Bertz CT molecular complexity index is 1220. The van der Waals surface area contributed by atoms with Crippen LogP contribution in [-0.2, 0) is 9.53 Å². The number of benzene rings is 2. The minimum atomic E-state index is -0.444. The summed E-state index contributed by atoms with van der Waals surface area (Å²) in [6, 6.07) is 15.2. The maximum atomic E-state index is 12.7. The van der Waals surface area contributed by atoms with Crippen molar-refractivity contribution in [1.29, 1.82) is 5.41 Å². The SMILES string of the molecule is Cc1ccccc1OCCOc1ccc(/C=C2/C(=N)N3N=C(N4CCOCC4)SC3=NC2=O)cc1. The number of nitrogens with one attached hydrogen (secondary N) is 1. The molecule has 5 rings (SSSR count). The molecule has 3 heterocycles. The summed E-state index contributed by atoms with van der Waals surface area (Å²) in [5.74, 6) is 1.12. The van der Waals surface area contributed by atoms with E-state index in [0.717, 1.165) is 35.1 Å². The van der Waals surface area contributed by atoms with Gasteiger partial charge in [0.15, 0.2) is 11.0 Å². The number of morpholine rings is 1. The Morgan fingerprint density at radius 1 is 1.06 bits per heavy atom. The van der Waals surface area contributed by atoms with Crippen LogP contribution in [0.2, 0.25) is 0 Å². The minimum absolute atomic E-state index is 0.0180. The summed E-state index contributed by atoms with van der Waals surface area (Å²) in [5.41, 5.74) is 2.05. The largest absolute Gasteiger partial charge is 0.490 e. The maximum absolute atomic E-state index is 12.7. The van der Waals surface area contributed by atoms with Gasteiger partial charge in [-0.25, -0.2) is 0 Å². The number of aliphatic imine (C=N–C) groups is 1. The molecule has 10 heteroatoms. The van der Waals surface area contributed by atoms with E-state index in [4.69, 9.17) is 19.6 Å². The van der Waals surface area contributed by atoms with Gasteiger partial charge >= 0.3 is 0 Å². The summed E-state index contributed by atoms with van der Waals surface area (Å²) < 4.78 is 16.9. The molecule has 0 aromatic heterocycles. The van der Waals surface area contributed by atoms with Crippen LogP contribution in [0.4, 0.5) is 0 Å². The number of amidine groups is 3. The Balaban J connectivity index is 1.20. The Kier molecular flexibility index (Phi) is 6.82. The van der Waals surface area contributed by atoms with Crippen LogP contribution >= 0.6 is 11.8 Å². The number of para-hydroxylation sites is 1. The van der Waals surface area contributed by atoms with Crippen molar-refractivity contribution in [2.24, 2.45) is 10.1 Å².